The fourth-order valence-corrected chi connectivity index (χ4v) is 4.22. The van der Waals surface area contributed by atoms with Crippen molar-refractivity contribution in [3.05, 3.63) is 29.3 Å². The number of amides is 4. The van der Waals surface area contributed by atoms with Gasteiger partial charge in [-0.05, 0) is 52.2 Å². The number of piperidine rings is 1. The summed E-state index contributed by atoms with van der Waals surface area (Å²) < 4.78 is 5.32. The maximum absolute atomic E-state index is 13.2. The first-order chi connectivity index (χ1) is 15.5. The van der Waals surface area contributed by atoms with Gasteiger partial charge in [-0.1, -0.05) is 6.07 Å². The van der Waals surface area contributed by atoms with Crippen LogP contribution in [0, 0.1) is 0 Å². The molecule has 0 bridgehead atoms. The Morgan fingerprint density at radius 1 is 1.24 bits per heavy atom. The molecule has 2 aliphatic heterocycles. The van der Waals surface area contributed by atoms with Crippen LogP contribution in [0.4, 0.5) is 5.69 Å². The molecule has 2 aliphatic rings. The number of carbonyl (C=O) groups excluding carboxylic acids is 5. The second-order valence-electron chi connectivity index (χ2n) is 9.18. The van der Waals surface area contributed by atoms with E-state index in [0.717, 1.165) is 4.90 Å². The van der Waals surface area contributed by atoms with Gasteiger partial charge in [0.2, 0.25) is 11.8 Å². The monoisotopic (exact) mass is 475 g/mol. The quantitative estimate of drug-likeness (QED) is 0.300. The SMILES string of the molecule is CC(C)(C)OC(=O)CCCC(CS)Nc1cccc2c1C(=O)N(C1CCC(=O)NC1=O)C2=O. The van der Waals surface area contributed by atoms with Gasteiger partial charge in [-0.25, -0.2) is 0 Å². The van der Waals surface area contributed by atoms with Crippen molar-refractivity contribution in [3.63, 3.8) is 0 Å². The van der Waals surface area contributed by atoms with Crippen molar-refractivity contribution in [1.29, 1.82) is 0 Å². The molecule has 0 radical (unpaired) electrons. The second-order valence-corrected chi connectivity index (χ2v) is 9.54. The maximum atomic E-state index is 13.2. The standard InChI is InChI=1S/C23H29N3O6S/c1-23(2,3)32-18(28)9-4-6-13(12-33)24-15-8-5-7-14-19(15)22(31)26(21(14)30)16-10-11-17(27)25-20(16)29/h5,7-8,13,16,24,33H,4,6,9-12H2,1-3H3,(H,25,27,29). The number of hydrogen-bond donors (Lipinski definition) is 3. The van der Waals surface area contributed by atoms with Gasteiger partial charge in [-0.3, -0.25) is 34.2 Å². The molecule has 0 aromatic heterocycles. The van der Waals surface area contributed by atoms with E-state index in [9.17, 15) is 24.0 Å². The lowest BCUT2D eigenvalue weighted by atomic mass is 10.0. The topological polar surface area (TPSA) is 122 Å². The molecule has 9 nitrogen and oxygen atoms in total. The Morgan fingerprint density at radius 3 is 2.61 bits per heavy atom. The molecule has 33 heavy (non-hydrogen) atoms. The molecule has 1 fully saturated rings. The van der Waals surface area contributed by atoms with Gasteiger partial charge in [0.15, 0.2) is 0 Å². The van der Waals surface area contributed by atoms with Gasteiger partial charge in [0, 0.05) is 30.3 Å². The summed E-state index contributed by atoms with van der Waals surface area (Å²) in [5, 5.41) is 5.45. The molecule has 0 aliphatic carbocycles. The summed E-state index contributed by atoms with van der Waals surface area (Å²) in [6, 6.07) is 3.73. The summed E-state index contributed by atoms with van der Waals surface area (Å²) in [7, 11) is 0. The van der Waals surface area contributed by atoms with E-state index in [0.29, 0.717) is 24.3 Å². The van der Waals surface area contributed by atoms with Crippen molar-refractivity contribution >= 4 is 47.9 Å². The lowest BCUT2D eigenvalue weighted by molar-refractivity contribution is -0.155. The smallest absolute Gasteiger partial charge is 0.306 e. The lowest BCUT2D eigenvalue weighted by Gasteiger charge is -2.28. The van der Waals surface area contributed by atoms with Crippen molar-refractivity contribution in [1.82, 2.24) is 10.2 Å². The highest BCUT2D eigenvalue weighted by Gasteiger charge is 2.45. The molecule has 2 heterocycles. The molecule has 0 saturated carbocycles. The third kappa shape index (κ3) is 5.73. The summed E-state index contributed by atoms with van der Waals surface area (Å²) in [6.45, 7) is 5.44. The average Bonchev–Trinajstić information content (AvgIpc) is 2.97. The Balaban J connectivity index is 1.70. The molecule has 4 amide bonds. The van der Waals surface area contributed by atoms with Crippen LogP contribution in [0.1, 0.15) is 73.6 Å². The van der Waals surface area contributed by atoms with Gasteiger partial charge in [0.25, 0.3) is 11.8 Å². The van der Waals surface area contributed by atoms with Gasteiger partial charge >= 0.3 is 5.97 Å². The molecule has 1 aromatic rings. The van der Waals surface area contributed by atoms with Crippen molar-refractivity contribution < 1.29 is 28.7 Å². The second kappa shape index (κ2) is 9.94. The van der Waals surface area contributed by atoms with Crippen LogP contribution in [0.25, 0.3) is 0 Å². The number of rotatable bonds is 8. The number of ether oxygens (including phenoxy) is 1. The first-order valence-corrected chi connectivity index (χ1v) is 11.6. The zero-order valence-corrected chi connectivity index (χ0v) is 19.9. The summed E-state index contributed by atoms with van der Waals surface area (Å²) in [5.41, 5.74) is 0.342. The number of fused-ring (bicyclic) bond motifs is 1. The van der Waals surface area contributed by atoms with Gasteiger partial charge in [-0.2, -0.15) is 12.6 Å². The van der Waals surface area contributed by atoms with Crippen molar-refractivity contribution in [2.75, 3.05) is 11.1 Å². The van der Waals surface area contributed by atoms with E-state index in [4.69, 9.17) is 4.74 Å². The van der Waals surface area contributed by atoms with Crippen LogP contribution in [0.3, 0.4) is 0 Å². The van der Waals surface area contributed by atoms with E-state index in [1.165, 1.54) is 0 Å². The van der Waals surface area contributed by atoms with Crippen LogP contribution in [0.15, 0.2) is 18.2 Å². The Hall–Kier alpha value is -2.88. The number of imide groups is 2. The number of nitrogens with one attached hydrogen (secondary N) is 2. The van der Waals surface area contributed by atoms with Crippen molar-refractivity contribution in [3.8, 4) is 0 Å². The number of carbonyl (C=O) groups is 5. The van der Waals surface area contributed by atoms with E-state index in [1.807, 2.05) is 20.8 Å². The third-order valence-electron chi connectivity index (χ3n) is 5.40. The van der Waals surface area contributed by atoms with E-state index in [-0.39, 0.29) is 42.4 Å². The highest BCUT2D eigenvalue weighted by molar-refractivity contribution is 7.80. The molecular weight excluding hydrogens is 446 g/mol. The highest BCUT2D eigenvalue weighted by Crippen LogP contribution is 2.33. The summed E-state index contributed by atoms with van der Waals surface area (Å²) in [4.78, 5) is 62.7. The molecule has 3 rings (SSSR count). The number of hydrogen-bond acceptors (Lipinski definition) is 8. The lowest BCUT2D eigenvalue weighted by Crippen LogP contribution is -2.54. The Morgan fingerprint density at radius 2 is 1.97 bits per heavy atom. The first-order valence-electron chi connectivity index (χ1n) is 11.0. The average molecular weight is 476 g/mol. The van der Waals surface area contributed by atoms with Gasteiger partial charge in [-0.15, -0.1) is 0 Å². The predicted octanol–water partition coefficient (Wildman–Crippen LogP) is 2.31. The van der Waals surface area contributed by atoms with Crippen LogP contribution >= 0.6 is 12.6 Å². The van der Waals surface area contributed by atoms with Crippen LogP contribution in [0.2, 0.25) is 0 Å². The molecule has 10 heteroatoms. The molecule has 1 saturated heterocycles. The Bertz CT molecular complexity index is 987. The number of nitrogens with zero attached hydrogens (tertiary/aromatic N) is 1. The Labute approximate surface area is 198 Å². The molecule has 2 N–H and O–H groups in total. The predicted molar refractivity (Wildman–Crippen MR) is 124 cm³/mol. The zero-order valence-electron chi connectivity index (χ0n) is 19.0. The van der Waals surface area contributed by atoms with Gasteiger partial charge in [0.1, 0.15) is 11.6 Å². The minimum Gasteiger partial charge on any atom is -0.460 e. The normalized spacial score (nSPS) is 19.3. The molecule has 2 unspecified atom stereocenters. The van der Waals surface area contributed by atoms with E-state index < -0.39 is 35.3 Å². The number of thiol groups is 1. The van der Waals surface area contributed by atoms with Crippen LogP contribution in [-0.4, -0.2) is 57.9 Å². The van der Waals surface area contributed by atoms with Crippen LogP contribution in [-0.2, 0) is 19.1 Å². The molecular formula is C23H29N3O6S. The van der Waals surface area contributed by atoms with Crippen LogP contribution in [0.5, 0.6) is 0 Å². The van der Waals surface area contributed by atoms with Crippen molar-refractivity contribution in [2.24, 2.45) is 0 Å². The maximum Gasteiger partial charge on any atom is 0.306 e. The number of benzene rings is 1. The first kappa shape index (κ1) is 24.8. The minimum atomic E-state index is -1.02. The van der Waals surface area contributed by atoms with E-state index in [1.54, 1.807) is 18.2 Å². The molecule has 178 valence electrons. The number of esters is 1. The molecule has 1 aromatic carbocycles. The van der Waals surface area contributed by atoms with E-state index in [2.05, 4.69) is 23.3 Å². The highest BCUT2D eigenvalue weighted by atomic mass is 32.1. The zero-order chi connectivity index (χ0) is 24.3. The van der Waals surface area contributed by atoms with E-state index >= 15 is 0 Å². The molecule has 0 spiro atoms. The summed E-state index contributed by atoms with van der Waals surface area (Å²) >= 11 is 4.38. The summed E-state index contributed by atoms with van der Waals surface area (Å²) in [6.07, 6.45) is 1.59. The summed E-state index contributed by atoms with van der Waals surface area (Å²) in [5.74, 6) is -2.03. The van der Waals surface area contributed by atoms with Gasteiger partial charge in [0.05, 0.1) is 11.1 Å². The third-order valence-corrected chi connectivity index (χ3v) is 5.84. The Kier molecular flexibility index (Phi) is 7.46. The van der Waals surface area contributed by atoms with Crippen molar-refractivity contribution in [2.45, 2.75) is 70.6 Å². The fourth-order valence-electron chi connectivity index (χ4n) is 3.95. The minimum absolute atomic E-state index is 0.0638. The fraction of sp³-hybridized carbons (Fsp3) is 0.522. The largest absolute Gasteiger partial charge is 0.460 e. The van der Waals surface area contributed by atoms with Crippen LogP contribution < -0.4 is 10.6 Å². The van der Waals surface area contributed by atoms with Gasteiger partial charge < -0.3 is 10.1 Å². The molecule has 2 atom stereocenters. The number of anilines is 1.